The molecule has 0 bridgehead atoms. The van der Waals surface area contributed by atoms with Crippen LogP contribution in [0.25, 0.3) is 0 Å². The van der Waals surface area contributed by atoms with Crippen molar-refractivity contribution < 1.29 is 5.11 Å². The quantitative estimate of drug-likeness (QED) is 0.777. The number of aliphatic hydroxyl groups excluding tert-OH is 1. The first kappa shape index (κ1) is 11.8. The zero-order valence-electron chi connectivity index (χ0n) is 9.65. The van der Waals surface area contributed by atoms with E-state index in [1.54, 1.807) is 11.8 Å². The summed E-state index contributed by atoms with van der Waals surface area (Å²) in [5.74, 6) is 0. The number of nitrogen functional groups attached to an aromatic ring is 1. The first-order valence-electron chi connectivity index (χ1n) is 5.88. The van der Waals surface area contributed by atoms with E-state index in [1.165, 1.54) is 12.0 Å². The number of benzene rings is 1. The number of anilines is 1. The van der Waals surface area contributed by atoms with Gasteiger partial charge in [-0.2, -0.15) is 0 Å². The molecule has 3 heteroatoms. The molecule has 88 valence electrons. The molecule has 2 nitrogen and oxygen atoms in total. The van der Waals surface area contributed by atoms with E-state index in [4.69, 9.17) is 5.73 Å². The smallest absolute Gasteiger partial charge is 0.0662 e. The topological polar surface area (TPSA) is 46.2 Å². The second-order valence-corrected chi connectivity index (χ2v) is 5.75. The van der Waals surface area contributed by atoms with Gasteiger partial charge in [0.2, 0.25) is 0 Å². The van der Waals surface area contributed by atoms with E-state index in [-0.39, 0.29) is 6.10 Å². The summed E-state index contributed by atoms with van der Waals surface area (Å²) in [6, 6.07) is 5.99. The minimum Gasteiger partial charge on any atom is -0.398 e. The second kappa shape index (κ2) is 5.11. The van der Waals surface area contributed by atoms with Gasteiger partial charge < -0.3 is 10.8 Å². The van der Waals surface area contributed by atoms with Gasteiger partial charge in [0.15, 0.2) is 0 Å². The minimum absolute atomic E-state index is 0.169. The molecule has 0 amide bonds. The van der Waals surface area contributed by atoms with Gasteiger partial charge in [0, 0.05) is 15.8 Å². The first-order chi connectivity index (χ1) is 7.68. The fraction of sp³-hybridized carbons (Fsp3) is 0.538. The van der Waals surface area contributed by atoms with E-state index in [2.05, 4.69) is 13.0 Å². The Labute approximate surface area is 101 Å². The Balaban J connectivity index is 2.13. The van der Waals surface area contributed by atoms with Crippen molar-refractivity contribution in [2.75, 3.05) is 5.73 Å². The first-order valence-corrected chi connectivity index (χ1v) is 6.76. The zero-order valence-corrected chi connectivity index (χ0v) is 10.5. The molecule has 0 saturated heterocycles. The fourth-order valence-corrected chi connectivity index (χ4v) is 3.54. The van der Waals surface area contributed by atoms with Gasteiger partial charge >= 0.3 is 0 Å². The molecule has 1 aromatic carbocycles. The molecular formula is C13H19NOS. The molecule has 3 N–H and O–H groups in total. The van der Waals surface area contributed by atoms with Crippen LogP contribution in [-0.4, -0.2) is 16.5 Å². The predicted octanol–water partition coefficient (Wildman–Crippen LogP) is 2.97. The molecule has 2 rings (SSSR count). The van der Waals surface area contributed by atoms with Crippen molar-refractivity contribution >= 4 is 17.4 Å². The number of hydrogen-bond acceptors (Lipinski definition) is 3. The molecule has 1 aliphatic carbocycles. The summed E-state index contributed by atoms with van der Waals surface area (Å²) in [5.41, 5.74) is 8.03. The lowest BCUT2D eigenvalue weighted by molar-refractivity contribution is 0.137. The van der Waals surface area contributed by atoms with Crippen LogP contribution in [0.15, 0.2) is 23.1 Å². The Kier molecular flexibility index (Phi) is 3.77. The van der Waals surface area contributed by atoms with Crippen molar-refractivity contribution in [1.29, 1.82) is 0 Å². The summed E-state index contributed by atoms with van der Waals surface area (Å²) < 4.78 is 0. The van der Waals surface area contributed by atoms with Crippen LogP contribution >= 0.6 is 11.8 Å². The summed E-state index contributed by atoms with van der Waals surface area (Å²) in [5, 5.41) is 10.3. The maximum absolute atomic E-state index is 9.95. The Morgan fingerprint density at radius 1 is 1.31 bits per heavy atom. The highest BCUT2D eigenvalue weighted by atomic mass is 32.2. The second-order valence-electron chi connectivity index (χ2n) is 4.50. The fourth-order valence-electron chi connectivity index (χ4n) is 2.20. The Morgan fingerprint density at radius 3 is 2.75 bits per heavy atom. The summed E-state index contributed by atoms with van der Waals surface area (Å²) in [6.45, 7) is 2.08. The lowest BCUT2D eigenvalue weighted by Gasteiger charge is -2.27. The summed E-state index contributed by atoms with van der Waals surface area (Å²) in [4.78, 5) is 1.15. The number of aliphatic hydroxyl groups is 1. The molecule has 2 atom stereocenters. The van der Waals surface area contributed by atoms with Gasteiger partial charge in [-0.1, -0.05) is 25.0 Å². The lowest BCUT2D eigenvalue weighted by atomic mass is 9.97. The number of thioether (sulfide) groups is 1. The largest absolute Gasteiger partial charge is 0.398 e. The van der Waals surface area contributed by atoms with Gasteiger partial charge in [0.1, 0.15) is 0 Å². The molecular weight excluding hydrogens is 218 g/mol. The molecule has 1 aliphatic rings. The van der Waals surface area contributed by atoms with Gasteiger partial charge in [-0.15, -0.1) is 11.8 Å². The maximum atomic E-state index is 9.95. The third-order valence-electron chi connectivity index (χ3n) is 3.18. The number of rotatable bonds is 2. The van der Waals surface area contributed by atoms with Gasteiger partial charge in [-0.25, -0.2) is 0 Å². The molecule has 16 heavy (non-hydrogen) atoms. The van der Waals surface area contributed by atoms with Crippen LogP contribution < -0.4 is 5.73 Å². The van der Waals surface area contributed by atoms with Gasteiger partial charge in [-0.3, -0.25) is 0 Å². The number of nitrogens with two attached hydrogens (primary N) is 1. The van der Waals surface area contributed by atoms with E-state index in [0.717, 1.165) is 29.8 Å². The molecule has 0 radical (unpaired) electrons. The Morgan fingerprint density at radius 2 is 2.06 bits per heavy atom. The predicted molar refractivity (Wildman–Crippen MR) is 69.7 cm³/mol. The standard InChI is InChI=1S/C13H19NOS/c1-9-5-4-6-10(14)13(9)16-12-8-3-2-7-11(12)15/h4-6,11-12,15H,2-3,7-8,14H2,1H3/t11-,12+/m1/s1. The average molecular weight is 237 g/mol. The lowest BCUT2D eigenvalue weighted by Crippen LogP contribution is -2.26. The molecule has 0 spiro atoms. The molecule has 0 heterocycles. The Hall–Kier alpha value is -0.670. The molecule has 0 aliphatic heterocycles. The minimum atomic E-state index is -0.169. The molecule has 1 aromatic rings. The monoisotopic (exact) mass is 237 g/mol. The molecule has 0 unspecified atom stereocenters. The highest BCUT2D eigenvalue weighted by Gasteiger charge is 2.24. The number of aryl methyl sites for hydroxylation is 1. The van der Waals surface area contributed by atoms with Crippen LogP contribution in [0.1, 0.15) is 31.2 Å². The van der Waals surface area contributed by atoms with Crippen LogP contribution in [0.3, 0.4) is 0 Å². The van der Waals surface area contributed by atoms with Crippen LogP contribution in [-0.2, 0) is 0 Å². The van der Waals surface area contributed by atoms with Crippen LogP contribution in [0.5, 0.6) is 0 Å². The highest BCUT2D eigenvalue weighted by Crippen LogP contribution is 2.38. The summed E-state index contributed by atoms with van der Waals surface area (Å²) in [7, 11) is 0. The van der Waals surface area contributed by atoms with E-state index in [0.29, 0.717) is 5.25 Å². The van der Waals surface area contributed by atoms with Gasteiger partial charge in [-0.05, 0) is 31.4 Å². The molecule has 1 fully saturated rings. The van der Waals surface area contributed by atoms with Crippen LogP contribution in [0.2, 0.25) is 0 Å². The van der Waals surface area contributed by atoms with E-state index < -0.39 is 0 Å². The van der Waals surface area contributed by atoms with Crippen molar-refractivity contribution in [3.8, 4) is 0 Å². The molecule has 1 saturated carbocycles. The van der Waals surface area contributed by atoms with E-state index in [9.17, 15) is 5.11 Å². The summed E-state index contributed by atoms with van der Waals surface area (Å²) in [6.07, 6.45) is 4.24. The maximum Gasteiger partial charge on any atom is 0.0662 e. The van der Waals surface area contributed by atoms with Crippen molar-refractivity contribution in [2.24, 2.45) is 0 Å². The zero-order chi connectivity index (χ0) is 11.5. The van der Waals surface area contributed by atoms with Crippen molar-refractivity contribution in [1.82, 2.24) is 0 Å². The van der Waals surface area contributed by atoms with Crippen LogP contribution in [0, 0.1) is 6.92 Å². The van der Waals surface area contributed by atoms with Crippen molar-refractivity contribution in [3.63, 3.8) is 0 Å². The molecule has 0 aromatic heterocycles. The van der Waals surface area contributed by atoms with E-state index in [1.807, 2.05) is 12.1 Å². The normalized spacial score (nSPS) is 25.6. The number of hydrogen-bond donors (Lipinski definition) is 2. The highest BCUT2D eigenvalue weighted by molar-refractivity contribution is 8.00. The van der Waals surface area contributed by atoms with Crippen molar-refractivity contribution in [2.45, 2.75) is 48.9 Å². The van der Waals surface area contributed by atoms with E-state index >= 15 is 0 Å². The van der Waals surface area contributed by atoms with Crippen molar-refractivity contribution in [3.05, 3.63) is 23.8 Å². The Bertz CT molecular complexity index is 347. The third-order valence-corrected chi connectivity index (χ3v) is 4.83. The van der Waals surface area contributed by atoms with Gasteiger partial charge in [0.25, 0.3) is 0 Å². The summed E-state index contributed by atoms with van der Waals surface area (Å²) >= 11 is 1.75. The SMILES string of the molecule is Cc1cccc(N)c1S[C@H]1CCCC[C@H]1O. The average Bonchev–Trinajstić information content (AvgIpc) is 2.26. The third kappa shape index (κ3) is 2.53. The van der Waals surface area contributed by atoms with Gasteiger partial charge in [0.05, 0.1) is 6.10 Å². The van der Waals surface area contributed by atoms with Crippen LogP contribution in [0.4, 0.5) is 5.69 Å².